The lowest BCUT2D eigenvalue weighted by Crippen LogP contribution is -2.34. The fourth-order valence-electron chi connectivity index (χ4n) is 2.96. The van der Waals surface area contributed by atoms with Gasteiger partial charge in [0.1, 0.15) is 0 Å². The largest absolute Gasteiger partial charge is 0.459 e. The van der Waals surface area contributed by atoms with Gasteiger partial charge in [-0.15, -0.1) is 0 Å². The van der Waals surface area contributed by atoms with Crippen LogP contribution in [0, 0.1) is 0 Å². The molecule has 26 heavy (non-hydrogen) atoms. The van der Waals surface area contributed by atoms with E-state index in [0.29, 0.717) is 38.2 Å². The molecule has 0 fully saturated rings. The van der Waals surface area contributed by atoms with Crippen LogP contribution in [0.2, 0.25) is 0 Å². The monoisotopic (exact) mass is 357 g/mol. The molecule has 0 bridgehead atoms. The predicted octanol–water partition coefficient (Wildman–Crippen LogP) is 1.33. The summed E-state index contributed by atoms with van der Waals surface area (Å²) in [6, 6.07) is 9.44. The third-order valence-electron chi connectivity index (χ3n) is 4.28. The van der Waals surface area contributed by atoms with Crippen molar-refractivity contribution in [1.82, 2.24) is 10.6 Å². The number of benzene rings is 1. The minimum absolute atomic E-state index is 0.0288. The van der Waals surface area contributed by atoms with Crippen molar-refractivity contribution in [3.8, 4) is 0 Å². The molecule has 0 spiro atoms. The van der Waals surface area contributed by atoms with Gasteiger partial charge in [0, 0.05) is 38.0 Å². The number of carbonyl (C=O) groups excluding carboxylic acids is 2. The van der Waals surface area contributed by atoms with E-state index in [1.807, 2.05) is 24.3 Å². The maximum atomic E-state index is 12.4. The zero-order valence-electron chi connectivity index (χ0n) is 14.8. The van der Waals surface area contributed by atoms with Crippen molar-refractivity contribution in [2.24, 2.45) is 0 Å². The zero-order chi connectivity index (χ0) is 18.4. The lowest BCUT2D eigenvalue weighted by Gasteiger charge is -2.17. The number of hydrogen-bond acceptors (Lipinski definition) is 5. The molecule has 0 aliphatic carbocycles. The minimum Gasteiger partial charge on any atom is -0.459 e. The number of nitrogens with one attached hydrogen (secondary N) is 2. The molecular weight excluding hydrogens is 334 g/mol. The molecule has 1 aliphatic heterocycles. The molecule has 0 saturated carbocycles. The number of carbonyl (C=O) groups is 2. The Morgan fingerprint density at radius 1 is 1.23 bits per heavy atom. The molecule has 1 aromatic heterocycles. The van der Waals surface area contributed by atoms with Crippen molar-refractivity contribution in [3.05, 3.63) is 53.5 Å². The number of hydrogen-bond donors (Lipinski definition) is 2. The van der Waals surface area contributed by atoms with Crippen molar-refractivity contribution < 1.29 is 18.7 Å². The molecular formula is C19H23N3O4. The van der Waals surface area contributed by atoms with E-state index >= 15 is 0 Å². The normalized spacial score (nSPS) is 13.1. The number of fused-ring (bicyclic) bond motifs is 1. The summed E-state index contributed by atoms with van der Waals surface area (Å²) in [6.45, 7) is 2.80. The topological polar surface area (TPSA) is 83.8 Å². The van der Waals surface area contributed by atoms with Crippen LogP contribution in [0.4, 0.5) is 5.69 Å². The molecule has 7 heteroatoms. The summed E-state index contributed by atoms with van der Waals surface area (Å²) in [5.74, 6) is -0.00125. The average molecular weight is 357 g/mol. The first-order valence-electron chi connectivity index (χ1n) is 8.63. The number of rotatable bonds is 9. The van der Waals surface area contributed by atoms with E-state index in [2.05, 4.69) is 10.6 Å². The summed E-state index contributed by atoms with van der Waals surface area (Å²) in [5.41, 5.74) is 2.60. The van der Waals surface area contributed by atoms with Crippen molar-refractivity contribution in [2.45, 2.75) is 13.0 Å². The summed E-state index contributed by atoms with van der Waals surface area (Å²) >= 11 is 0. The Morgan fingerprint density at radius 2 is 2.08 bits per heavy atom. The Bertz CT molecular complexity index is 772. The predicted molar refractivity (Wildman–Crippen MR) is 97.1 cm³/mol. The Kier molecular flexibility index (Phi) is 6.04. The van der Waals surface area contributed by atoms with Crippen LogP contribution in [0.1, 0.15) is 21.7 Å². The Balaban J connectivity index is 1.59. The van der Waals surface area contributed by atoms with Gasteiger partial charge in [-0.3, -0.25) is 9.59 Å². The number of para-hydroxylation sites is 1. The first-order valence-corrected chi connectivity index (χ1v) is 8.63. The Morgan fingerprint density at radius 3 is 2.92 bits per heavy atom. The Hall–Kier alpha value is -2.64. The highest BCUT2D eigenvalue weighted by molar-refractivity contribution is 6.01. The van der Waals surface area contributed by atoms with E-state index in [0.717, 1.165) is 17.8 Å². The van der Waals surface area contributed by atoms with Gasteiger partial charge < -0.3 is 24.7 Å². The van der Waals surface area contributed by atoms with E-state index in [9.17, 15) is 9.59 Å². The summed E-state index contributed by atoms with van der Waals surface area (Å²) < 4.78 is 10.3. The van der Waals surface area contributed by atoms with Gasteiger partial charge in [-0.2, -0.15) is 0 Å². The molecule has 3 rings (SSSR count). The van der Waals surface area contributed by atoms with Crippen LogP contribution >= 0.6 is 0 Å². The first-order chi connectivity index (χ1) is 12.7. The van der Waals surface area contributed by atoms with Crippen LogP contribution in [-0.2, 0) is 22.5 Å². The van der Waals surface area contributed by atoms with Gasteiger partial charge in [0.05, 0.1) is 25.8 Å². The second-order valence-electron chi connectivity index (χ2n) is 6.06. The van der Waals surface area contributed by atoms with Gasteiger partial charge in [0.2, 0.25) is 5.91 Å². The quantitative estimate of drug-likeness (QED) is 0.662. The molecule has 2 aromatic rings. The number of nitrogens with zero attached hydrogens (tertiary/aromatic N) is 1. The highest BCUT2D eigenvalue weighted by Crippen LogP contribution is 2.30. The number of furan rings is 1. The second kappa shape index (κ2) is 8.64. The van der Waals surface area contributed by atoms with Gasteiger partial charge in [-0.25, -0.2) is 0 Å². The molecule has 2 amide bonds. The molecule has 2 heterocycles. The molecule has 0 radical (unpaired) electrons. The number of amides is 2. The van der Waals surface area contributed by atoms with Gasteiger partial charge in [0.15, 0.2) is 5.76 Å². The molecule has 0 unspecified atom stereocenters. The summed E-state index contributed by atoms with van der Waals surface area (Å²) in [4.78, 5) is 26.4. The van der Waals surface area contributed by atoms with Crippen LogP contribution in [-0.4, -0.2) is 45.2 Å². The lowest BCUT2D eigenvalue weighted by molar-refractivity contribution is -0.117. The first kappa shape index (κ1) is 18.2. The smallest absolute Gasteiger partial charge is 0.287 e. The number of methoxy groups -OCH3 is 1. The summed E-state index contributed by atoms with van der Waals surface area (Å²) in [7, 11) is 1.64. The van der Waals surface area contributed by atoms with Crippen LogP contribution in [0.3, 0.4) is 0 Å². The third kappa shape index (κ3) is 4.12. The molecule has 0 atom stereocenters. The van der Waals surface area contributed by atoms with Crippen molar-refractivity contribution in [2.75, 3.05) is 38.3 Å². The summed E-state index contributed by atoms with van der Waals surface area (Å²) in [5, 5.41) is 5.97. The second-order valence-corrected chi connectivity index (χ2v) is 6.06. The minimum atomic E-state index is -0.279. The molecule has 138 valence electrons. The maximum Gasteiger partial charge on any atom is 0.287 e. The fourth-order valence-corrected chi connectivity index (χ4v) is 2.96. The van der Waals surface area contributed by atoms with E-state index in [-0.39, 0.29) is 17.6 Å². The highest BCUT2D eigenvalue weighted by atomic mass is 16.5. The standard InChI is InChI=1S/C19H23N3O4/c1-25-11-9-20-7-8-21-19(24)18-15(6-10-26-18)13-22-16-5-3-2-4-14(16)12-17(22)23/h2-6,10,20H,7-9,11-13H2,1H3,(H,21,24). The van der Waals surface area contributed by atoms with E-state index in [1.165, 1.54) is 6.26 Å². The van der Waals surface area contributed by atoms with Crippen LogP contribution in [0.25, 0.3) is 0 Å². The van der Waals surface area contributed by atoms with E-state index in [4.69, 9.17) is 9.15 Å². The zero-order valence-corrected chi connectivity index (χ0v) is 14.8. The average Bonchev–Trinajstić information content (AvgIpc) is 3.23. The van der Waals surface area contributed by atoms with Gasteiger partial charge in [-0.1, -0.05) is 18.2 Å². The van der Waals surface area contributed by atoms with Crippen molar-refractivity contribution in [3.63, 3.8) is 0 Å². The van der Waals surface area contributed by atoms with E-state index in [1.54, 1.807) is 18.1 Å². The van der Waals surface area contributed by atoms with Crippen molar-refractivity contribution >= 4 is 17.5 Å². The summed E-state index contributed by atoms with van der Waals surface area (Å²) in [6.07, 6.45) is 1.87. The lowest BCUT2D eigenvalue weighted by atomic mass is 10.1. The third-order valence-corrected chi connectivity index (χ3v) is 4.28. The number of anilines is 1. The Labute approximate surface area is 152 Å². The van der Waals surface area contributed by atoms with Crippen LogP contribution in [0.5, 0.6) is 0 Å². The fraction of sp³-hybridized carbons (Fsp3) is 0.368. The molecule has 7 nitrogen and oxygen atoms in total. The van der Waals surface area contributed by atoms with Gasteiger partial charge in [-0.05, 0) is 17.7 Å². The SMILES string of the molecule is COCCNCCNC(=O)c1occc1CN1C(=O)Cc2ccccc21. The molecule has 1 aliphatic rings. The highest BCUT2D eigenvalue weighted by Gasteiger charge is 2.28. The van der Waals surface area contributed by atoms with Gasteiger partial charge in [0.25, 0.3) is 5.91 Å². The van der Waals surface area contributed by atoms with Gasteiger partial charge >= 0.3 is 0 Å². The maximum absolute atomic E-state index is 12.4. The molecule has 1 aromatic carbocycles. The molecule has 2 N–H and O–H groups in total. The molecule has 0 saturated heterocycles. The van der Waals surface area contributed by atoms with Crippen LogP contribution in [0.15, 0.2) is 41.0 Å². The van der Waals surface area contributed by atoms with Crippen molar-refractivity contribution in [1.29, 1.82) is 0 Å². The van der Waals surface area contributed by atoms with Crippen LogP contribution < -0.4 is 15.5 Å². The van der Waals surface area contributed by atoms with E-state index < -0.39 is 0 Å². The number of ether oxygens (including phenoxy) is 1.